The van der Waals surface area contributed by atoms with Crippen LogP contribution in [0.2, 0.25) is 0 Å². The van der Waals surface area contributed by atoms with E-state index in [4.69, 9.17) is 0 Å². The molecule has 1 aliphatic heterocycles. The van der Waals surface area contributed by atoms with Crippen molar-refractivity contribution in [3.63, 3.8) is 0 Å². The smallest absolute Gasteiger partial charge is 0.148 e. The molecule has 1 saturated heterocycles. The molecule has 0 aromatic rings. The molecule has 11 heavy (non-hydrogen) atoms. The Bertz CT molecular complexity index is 91.6. The first-order valence-electron chi connectivity index (χ1n) is 4.54. The van der Waals surface area contributed by atoms with Crippen molar-refractivity contribution in [1.82, 2.24) is 5.32 Å². The van der Waals surface area contributed by atoms with E-state index in [1.54, 1.807) is 0 Å². The molecule has 2 heteroatoms. The lowest BCUT2D eigenvalue weighted by molar-refractivity contribution is -0.116. The standard InChI is InChI=1S/C5H9NO.2C2H6/c1-4-2-5(7)3-6-4;2*1-2/h4,6H,2-3H2,1H3;2*1-2H3. The van der Waals surface area contributed by atoms with Crippen LogP contribution in [-0.4, -0.2) is 18.4 Å². The molecule has 1 aliphatic rings. The van der Waals surface area contributed by atoms with E-state index in [1.165, 1.54) is 0 Å². The van der Waals surface area contributed by atoms with E-state index in [2.05, 4.69) is 5.32 Å². The van der Waals surface area contributed by atoms with Gasteiger partial charge in [0.2, 0.25) is 0 Å². The first-order chi connectivity index (χ1) is 5.29. The Morgan fingerprint density at radius 2 is 1.73 bits per heavy atom. The molecule has 0 bridgehead atoms. The summed E-state index contributed by atoms with van der Waals surface area (Å²) in [7, 11) is 0. The minimum Gasteiger partial charge on any atom is -0.307 e. The summed E-state index contributed by atoms with van der Waals surface area (Å²) in [4.78, 5) is 10.4. The lowest BCUT2D eigenvalue weighted by Crippen LogP contribution is -2.16. The number of hydrogen-bond acceptors (Lipinski definition) is 2. The van der Waals surface area contributed by atoms with Gasteiger partial charge in [-0.05, 0) is 6.92 Å². The molecule has 1 fully saturated rings. The van der Waals surface area contributed by atoms with Crippen LogP contribution in [0.5, 0.6) is 0 Å². The van der Waals surface area contributed by atoms with E-state index in [-0.39, 0.29) is 0 Å². The van der Waals surface area contributed by atoms with Gasteiger partial charge in [0.05, 0.1) is 6.54 Å². The maximum absolute atomic E-state index is 10.4. The zero-order chi connectivity index (χ0) is 9.28. The van der Waals surface area contributed by atoms with E-state index in [0.717, 1.165) is 6.42 Å². The molecular formula is C9H21NO. The second kappa shape index (κ2) is 9.63. The Morgan fingerprint density at radius 3 is 1.82 bits per heavy atom. The van der Waals surface area contributed by atoms with Gasteiger partial charge in [-0.25, -0.2) is 0 Å². The van der Waals surface area contributed by atoms with Gasteiger partial charge in [0.15, 0.2) is 0 Å². The van der Waals surface area contributed by atoms with Gasteiger partial charge < -0.3 is 5.32 Å². The van der Waals surface area contributed by atoms with Crippen molar-refractivity contribution in [3.05, 3.63) is 0 Å². The number of nitrogens with one attached hydrogen (secondary N) is 1. The van der Waals surface area contributed by atoms with E-state index in [1.807, 2.05) is 34.6 Å². The maximum Gasteiger partial charge on any atom is 0.148 e. The van der Waals surface area contributed by atoms with Gasteiger partial charge in [-0.1, -0.05) is 27.7 Å². The minimum absolute atomic E-state index is 0.340. The van der Waals surface area contributed by atoms with Crippen LogP contribution < -0.4 is 5.32 Å². The highest BCUT2D eigenvalue weighted by Crippen LogP contribution is 1.97. The average molecular weight is 159 g/mol. The molecule has 1 atom stereocenters. The first kappa shape index (κ1) is 13.2. The fourth-order valence-corrected chi connectivity index (χ4v) is 0.774. The number of Topliss-reactive ketones (excluding diaryl/α,β-unsaturated/α-hetero) is 1. The normalized spacial score (nSPS) is 21.2. The van der Waals surface area contributed by atoms with Gasteiger partial charge in [-0.3, -0.25) is 4.79 Å². The molecule has 0 amide bonds. The van der Waals surface area contributed by atoms with E-state index < -0.39 is 0 Å². The summed E-state index contributed by atoms with van der Waals surface area (Å²) in [5.74, 6) is 0.340. The molecule has 1 rings (SSSR count). The molecule has 0 saturated carbocycles. The van der Waals surface area contributed by atoms with Crippen LogP contribution in [0.3, 0.4) is 0 Å². The van der Waals surface area contributed by atoms with Crippen LogP contribution in [-0.2, 0) is 4.79 Å². The average Bonchev–Trinajstić information content (AvgIpc) is 2.43. The highest BCUT2D eigenvalue weighted by molar-refractivity contribution is 5.83. The topological polar surface area (TPSA) is 29.1 Å². The van der Waals surface area contributed by atoms with Gasteiger partial charge >= 0.3 is 0 Å². The number of carbonyl (C=O) groups is 1. The van der Waals surface area contributed by atoms with Crippen molar-refractivity contribution in [2.45, 2.75) is 47.1 Å². The third kappa shape index (κ3) is 7.53. The molecule has 2 nitrogen and oxygen atoms in total. The molecule has 1 N–H and O–H groups in total. The zero-order valence-electron chi connectivity index (χ0n) is 8.40. The highest BCUT2D eigenvalue weighted by Gasteiger charge is 2.15. The quantitative estimate of drug-likeness (QED) is 0.585. The third-order valence-corrected chi connectivity index (χ3v) is 1.18. The molecule has 0 aromatic carbocycles. The highest BCUT2D eigenvalue weighted by atomic mass is 16.1. The number of carbonyl (C=O) groups excluding carboxylic acids is 1. The largest absolute Gasteiger partial charge is 0.307 e. The Morgan fingerprint density at radius 1 is 1.27 bits per heavy atom. The summed E-state index contributed by atoms with van der Waals surface area (Å²) >= 11 is 0. The van der Waals surface area contributed by atoms with E-state index in [9.17, 15) is 4.79 Å². The summed E-state index contributed by atoms with van der Waals surface area (Å²) in [5.41, 5.74) is 0. The Balaban J connectivity index is 0. The zero-order valence-corrected chi connectivity index (χ0v) is 8.40. The molecule has 0 aliphatic carbocycles. The van der Waals surface area contributed by atoms with E-state index in [0.29, 0.717) is 18.4 Å². The van der Waals surface area contributed by atoms with Gasteiger partial charge in [-0.2, -0.15) is 0 Å². The van der Waals surface area contributed by atoms with Crippen LogP contribution in [0.15, 0.2) is 0 Å². The van der Waals surface area contributed by atoms with E-state index >= 15 is 0 Å². The number of hydrogen-bond donors (Lipinski definition) is 1. The van der Waals surface area contributed by atoms with Gasteiger partial charge in [-0.15, -0.1) is 0 Å². The molecule has 0 spiro atoms. The fraction of sp³-hybridized carbons (Fsp3) is 0.889. The summed E-state index contributed by atoms with van der Waals surface area (Å²) in [5, 5.41) is 3.02. The lowest BCUT2D eigenvalue weighted by Gasteiger charge is -1.93. The maximum atomic E-state index is 10.4. The Hall–Kier alpha value is -0.370. The lowest BCUT2D eigenvalue weighted by atomic mass is 10.2. The summed E-state index contributed by atoms with van der Waals surface area (Å²) in [6.07, 6.45) is 0.722. The van der Waals surface area contributed by atoms with Crippen LogP contribution in [0.4, 0.5) is 0 Å². The fourth-order valence-electron chi connectivity index (χ4n) is 0.774. The van der Waals surface area contributed by atoms with Crippen molar-refractivity contribution < 1.29 is 4.79 Å². The van der Waals surface area contributed by atoms with Gasteiger partial charge in [0, 0.05) is 12.5 Å². The minimum atomic E-state index is 0.340. The molecule has 0 radical (unpaired) electrons. The molecular weight excluding hydrogens is 138 g/mol. The van der Waals surface area contributed by atoms with Crippen LogP contribution in [0.25, 0.3) is 0 Å². The first-order valence-corrected chi connectivity index (χ1v) is 4.54. The second-order valence-electron chi connectivity index (χ2n) is 2.02. The van der Waals surface area contributed by atoms with Gasteiger partial charge in [0.25, 0.3) is 0 Å². The number of rotatable bonds is 0. The van der Waals surface area contributed by atoms with Crippen molar-refractivity contribution in [2.24, 2.45) is 0 Å². The molecule has 1 unspecified atom stereocenters. The van der Waals surface area contributed by atoms with Gasteiger partial charge in [0.1, 0.15) is 5.78 Å². The van der Waals surface area contributed by atoms with Crippen LogP contribution >= 0.6 is 0 Å². The Kier molecular flexibility index (Phi) is 11.6. The second-order valence-corrected chi connectivity index (χ2v) is 2.02. The van der Waals surface area contributed by atoms with Crippen molar-refractivity contribution in [2.75, 3.05) is 6.54 Å². The SMILES string of the molecule is CC.CC.CC1CC(=O)CN1. The number of ketones is 1. The summed E-state index contributed by atoms with van der Waals surface area (Å²) in [6, 6.07) is 0.424. The predicted octanol–water partition coefficient (Wildman–Crippen LogP) is 1.99. The predicted molar refractivity (Wildman–Crippen MR) is 49.8 cm³/mol. The molecule has 0 aromatic heterocycles. The molecule has 1 heterocycles. The van der Waals surface area contributed by atoms with Crippen molar-refractivity contribution in [1.29, 1.82) is 0 Å². The summed E-state index contributed by atoms with van der Waals surface area (Å²) < 4.78 is 0. The van der Waals surface area contributed by atoms with Crippen molar-refractivity contribution in [3.8, 4) is 0 Å². The Labute approximate surface area is 70.4 Å². The van der Waals surface area contributed by atoms with Crippen LogP contribution in [0.1, 0.15) is 41.0 Å². The third-order valence-electron chi connectivity index (χ3n) is 1.18. The van der Waals surface area contributed by atoms with Crippen molar-refractivity contribution >= 4 is 5.78 Å². The van der Waals surface area contributed by atoms with Crippen LogP contribution in [0, 0.1) is 0 Å². The monoisotopic (exact) mass is 159 g/mol. The summed E-state index contributed by atoms with van der Waals surface area (Å²) in [6.45, 7) is 10.6. The molecule has 68 valence electrons.